The second kappa shape index (κ2) is 10.2. The van der Waals surface area contributed by atoms with Gasteiger partial charge in [0, 0.05) is 0 Å². The van der Waals surface area contributed by atoms with E-state index in [0.29, 0.717) is 17.7 Å². The number of carbonyl (C=O) groups excluding carboxylic acids is 1. The zero-order chi connectivity index (χ0) is 18.1. The van der Waals surface area contributed by atoms with Crippen LogP contribution in [-0.4, -0.2) is 36.3 Å². The van der Waals surface area contributed by atoms with E-state index in [0.717, 1.165) is 19.3 Å². The van der Waals surface area contributed by atoms with Crippen LogP contribution in [0.15, 0.2) is 6.07 Å². The highest BCUT2D eigenvalue weighted by Gasteiger charge is 2.26. The van der Waals surface area contributed by atoms with Crippen LogP contribution in [-0.2, 0) is 0 Å². The normalized spacial score (nSPS) is 12.0. The lowest BCUT2D eigenvalue weighted by Gasteiger charge is -2.17. The largest absolute Gasteiger partial charge is 0.504 e. The number of phenols is 1. The summed E-state index contributed by atoms with van der Waals surface area (Å²) in [6.45, 7) is 3.87. The van der Waals surface area contributed by atoms with Crippen LogP contribution in [0, 0.1) is 6.92 Å². The number of aryl methyl sites for hydroxylation is 1. The Kier molecular flexibility index (Phi) is 8.61. The second-order valence-electron chi connectivity index (χ2n) is 6.09. The Labute approximate surface area is 144 Å². The summed E-state index contributed by atoms with van der Waals surface area (Å²) in [5, 5.41) is 20.5. The number of aromatic hydroxyl groups is 1. The molecule has 1 aromatic rings. The fourth-order valence-electron chi connectivity index (χ4n) is 2.83. The summed E-state index contributed by atoms with van der Waals surface area (Å²) in [5.41, 5.74) is 0.656. The van der Waals surface area contributed by atoms with Crippen molar-refractivity contribution in [3.63, 3.8) is 0 Å². The van der Waals surface area contributed by atoms with E-state index in [2.05, 4.69) is 6.92 Å². The molecule has 0 aromatic heterocycles. The Morgan fingerprint density at radius 3 is 2.33 bits per heavy atom. The third kappa shape index (κ3) is 5.13. The molecule has 0 amide bonds. The summed E-state index contributed by atoms with van der Waals surface area (Å²) < 4.78 is 10.3. The summed E-state index contributed by atoms with van der Waals surface area (Å²) in [5.74, 6) is -0.284. The van der Waals surface area contributed by atoms with Crippen LogP contribution in [0.2, 0.25) is 0 Å². The van der Waals surface area contributed by atoms with Crippen LogP contribution in [0.5, 0.6) is 17.2 Å². The quantitative estimate of drug-likeness (QED) is 0.471. The van der Waals surface area contributed by atoms with E-state index < -0.39 is 11.9 Å². The van der Waals surface area contributed by atoms with Gasteiger partial charge in [0.2, 0.25) is 5.75 Å². The van der Waals surface area contributed by atoms with E-state index in [4.69, 9.17) is 9.47 Å². The minimum absolute atomic E-state index is 0.103. The van der Waals surface area contributed by atoms with Crippen LogP contribution < -0.4 is 9.47 Å². The van der Waals surface area contributed by atoms with Crippen molar-refractivity contribution in [2.24, 2.45) is 0 Å². The Balaban J connectivity index is 2.76. The number of hydrogen-bond donors (Lipinski definition) is 2. The Morgan fingerprint density at radius 1 is 1.12 bits per heavy atom. The van der Waals surface area contributed by atoms with E-state index in [9.17, 15) is 15.0 Å². The van der Waals surface area contributed by atoms with Gasteiger partial charge in [0.05, 0.1) is 19.8 Å². The van der Waals surface area contributed by atoms with E-state index in [1.807, 2.05) is 0 Å². The maximum absolute atomic E-state index is 12.5. The van der Waals surface area contributed by atoms with Crippen LogP contribution in [0.4, 0.5) is 0 Å². The molecule has 5 nitrogen and oxygen atoms in total. The van der Waals surface area contributed by atoms with Crippen LogP contribution in [0.1, 0.15) is 67.8 Å². The van der Waals surface area contributed by atoms with E-state index in [-0.39, 0.29) is 17.1 Å². The predicted molar refractivity (Wildman–Crippen MR) is 94.3 cm³/mol. The van der Waals surface area contributed by atoms with Crippen molar-refractivity contribution in [3.8, 4) is 17.2 Å². The van der Waals surface area contributed by atoms with Crippen molar-refractivity contribution >= 4 is 5.78 Å². The molecule has 1 atom stereocenters. The molecule has 5 heteroatoms. The first-order valence-electron chi connectivity index (χ1n) is 8.64. The van der Waals surface area contributed by atoms with Crippen molar-refractivity contribution in [2.75, 3.05) is 14.2 Å². The third-order valence-corrected chi connectivity index (χ3v) is 4.22. The summed E-state index contributed by atoms with van der Waals surface area (Å²) in [6, 6.07) is 1.63. The first-order chi connectivity index (χ1) is 11.5. The van der Waals surface area contributed by atoms with Gasteiger partial charge in [-0.15, -0.1) is 0 Å². The minimum Gasteiger partial charge on any atom is -0.504 e. The number of phenolic OH excluding ortho intramolecular Hbond substituents is 1. The maximum Gasteiger partial charge on any atom is 0.203 e. The van der Waals surface area contributed by atoms with Gasteiger partial charge in [-0.1, -0.05) is 45.4 Å². The topological polar surface area (TPSA) is 76.0 Å². The van der Waals surface area contributed by atoms with Crippen molar-refractivity contribution < 1.29 is 24.5 Å². The summed E-state index contributed by atoms with van der Waals surface area (Å²) in [6.07, 6.45) is 5.81. The average molecular weight is 338 g/mol. The lowest BCUT2D eigenvalue weighted by molar-refractivity contribution is 0.0720. The molecule has 0 saturated heterocycles. The molecule has 0 saturated carbocycles. The highest BCUT2D eigenvalue weighted by atomic mass is 16.5. The number of ether oxygens (including phenoxy) is 2. The second-order valence-corrected chi connectivity index (χ2v) is 6.09. The monoisotopic (exact) mass is 338 g/mol. The number of carbonyl (C=O) groups is 1. The lowest BCUT2D eigenvalue weighted by atomic mass is 9.96. The highest BCUT2D eigenvalue weighted by Crippen LogP contribution is 2.41. The molecule has 0 bridgehead atoms. The van der Waals surface area contributed by atoms with Gasteiger partial charge < -0.3 is 19.7 Å². The fourth-order valence-corrected chi connectivity index (χ4v) is 2.83. The van der Waals surface area contributed by atoms with Crippen LogP contribution in [0.3, 0.4) is 0 Å². The molecular weight excluding hydrogens is 308 g/mol. The van der Waals surface area contributed by atoms with Gasteiger partial charge in [0.25, 0.3) is 0 Å². The van der Waals surface area contributed by atoms with Gasteiger partial charge in [-0.25, -0.2) is 0 Å². The van der Waals surface area contributed by atoms with E-state index in [1.54, 1.807) is 13.0 Å². The molecule has 2 N–H and O–H groups in total. The zero-order valence-corrected chi connectivity index (χ0v) is 15.2. The molecule has 0 heterocycles. The Morgan fingerprint density at radius 2 is 1.75 bits per heavy atom. The summed E-state index contributed by atoms with van der Waals surface area (Å²) in [4.78, 5) is 12.5. The van der Waals surface area contributed by atoms with Crippen LogP contribution in [0.25, 0.3) is 0 Å². The lowest BCUT2D eigenvalue weighted by Crippen LogP contribution is -2.21. The number of aliphatic hydroxyl groups excluding tert-OH is 1. The third-order valence-electron chi connectivity index (χ3n) is 4.22. The first-order valence-corrected chi connectivity index (χ1v) is 8.64. The Hall–Kier alpha value is -1.75. The average Bonchev–Trinajstić information content (AvgIpc) is 2.57. The molecule has 136 valence electrons. The van der Waals surface area contributed by atoms with Crippen molar-refractivity contribution in [1.82, 2.24) is 0 Å². The highest BCUT2D eigenvalue weighted by molar-refractivity contribution is 6.03. The number of Topliss-reactive ketones (excluding diaryl/α,β-unsaturated/α-hetero) is 1. The number of aliphatic hydroxyl groups is 1. The molecule has 1 unspecified atom stereocenters. The molecule has 0 spiro atoms. The first kappa shape index (κ1) is 20.3. The standard InChI is InChI=1S/C19H30O5/c1-5-6-7-8-9-10-11-14(20)17(21)16-13(2)12-15(23-3)19(24-4)18(16)22/h12,14,20,22H,5-11H2,1-4H3. The van der Waals surface area contributed by atoms with Crippen LogP contribution >= 0.6 is 0 Å². The van der Waals surface area contributed by atoms with Crippen molar-refractivity contribution in [1.29, 1.82) is 0 Å². The molecule has 0 aliphatic carbocycles. The molecule has 0 aliphatic rings. The van der Waals surface area contributed by atoms with Crippen molar-refractivity contribution in [2.45, 2.75) is 64.9 Å². The molecular formula is C19H30O5. The Bertz CT molecular complexity index is 539. The van der Waals surface area contributed by atoms with Gasteiger partial charge in [0.1, 0.15) is 6.10 Å². The number of ketones is 1. The SMILES string of the molecule is CCCCCCCCC(O)C(=O)c1c(C)cc(OC)c(OC)c1O. The van der Waals surface area contributed by atoms with Gasteiger partial charge in [-0.05, 0) is 25.0 Å². The fraction of sp³-hybridized carbons (Fsp3) is 0.632. The smallest absolute Gasteiger partial charge is 0.203 e. The summed E-state index contributed by atoms with van der Waals surface area (Å²) in [7, 11) is 2.86. The van der Waals surface area contributed by atoms with Gasteiger partial charge in [-0.2, -0.15) is 0 Å². The van der Waals surface area contributed by atoms with Crippen molar-refractivity contribution in [3.05, 3.63) is 17.2 Å². The number of methoxy groups -OCH3 is 2. The van der Waals surface area contributed by atoms with Gasteiger partial charge in [-0.3, -0.25) is 4.79 Å². The number of rotatable bonds is 11. The molecule has 0 aliphatic heterocycles. The molecule has 0 radical (unpaired) electrons. The number of hydrogen-bond acceptors (Lipinski definition) is 5. The van der Waals surface area contributed by atoms with E-state index >= 15 is 0 Å². The molecule has 1 rings (SSSR count). The molecule has 1 aromatic carbocycles. The van der Waals surface area contributed by atoms with E-state index in [1.165, 1.54) is 33.5 Å². The zero-order valence-electron chi connectivity index (χ0n) is 15.2. The number of benzene rings is 1. The van der Waals surface area contributed by atoms with Gasteiger partial charge >= 0.3 is 0 Å². The maximum atomic E-state index is 12.5. The molecule has 24 heavy (non-hydrogen) atoms. The number of unbranched alkanes of at least 4 members (excludes halogenated alkanes) is 5. The van der Waals surface area contributed by atoms with Gasteiger partial charge in [0.15, 0.2) is 17.3 Å². The molecule has 0 fully saturated rings. The summed E-state index contributed by atoms with van der Waals surface area (Å²) >= 11 is 0. The minimum atomic E-state index is -1.11. The predicted octanol–water partition coefficient (Wildman–Crippen LogP) is 4.01.